The van der Waals surface area contributed by atoms with Crippen LogP contribution < -0.4 is 14.8 Å². The van der Waals surface area contributed by atoms with Gasteiger partial charge in [-0.25, -0.2) is 9.78 Å². The van der Waals surface area contributed by atoms with Gasteiger partial charge in [0, 0.05) is 23.0 Å². The van der Waals surface area contributed by atoms with Crippen LogP contribution in [0.15, 0.2) is 54.0 Å². The number of ether oxygens (including phenoxy) is 2. The Bertz CT molecular complexity index is 1300. The molecule has 4 aromatic rings. The van der Waals surface area contributed by atoms with Crippen molar-refractivity contribution in [2.45, 2.75) is 13.3 Å². The Morgan fingerprint density at radius 2 is 1.91 bits per heavy atom. The fourth-order valence-corrected chi connectivity index (χ4v) is 3.84. The smallest absolute Gasteiger partial charge is 0.339 e. The zero-order valence-electron chi connectivity index (χ0n) is 17.3. The van der Waals surface area contributed by atoms with Crippen LogP contribution in [0.25, 0.3) is 10.9 Å². The number of rotatable bonds is 7. The van der Waals surface area contributed by atoms with Gasteiger partial charge in [-0.05, 0) is 36.8 Å². The molecular weight excluding hydrogens is 430 g/mol. The van der Waals surface area contributed by atoms with E-state index in [1.54, 1.807) is 42.6 Å². The summed E-state index contributed by atoms with van der Waals surface area (Å²) in [7, 11) is 1.41. The second-order valence-electron chi connectivity index (χ2n) is 6.95. The minimum atomic E-state index is -1.10. The van der Waals surface area contributed by atoms with E-state index in [1.165, 1.54) is 24.5 Å². The Morgan fingerprint density at radius 3 is 2.56 bits per heavy atom. The molecule has 2 aromatic carbocycles. The summed E-state index contributed by atoms with van der Waals surface area (Å²) in [5.74, 6) is -0.0164. The number of aromatic nitrogens is 2. The van der Waals surface area contributed by atoms with Crippen LogP contribution in [0.3, 0.4) is 0 Å². The van der Waals surface area contributed by atoms with Gasteiger partial charge in [-0.3, -0.25) is 9.78 Å². The maximum absolute atomic E-state index is 12.2. The first-order chi connectivity index (χ1) is 15.4. The van der Waals surface area contributed by atoms with Crippen LogP contribution >= 0.6 is 11.3 Å². The van der Waals surface area contributed by atoms with Gasteiger partial charge in [0.15, 0.2) is 5.13 Å². The number of carboxylic acid groups (broad SMARTS) is 1. The monoisotopic (exact) mass is 449 g/mol. The first kappa shape index (κ1) is 21.3. The standard InChI is InChI=1S/C23H19N3O5S/c1-13-12-32-23(25-13)26-21(27)9-14-3-5-15(6-4-14)31-19-7-8-24-18-11-20(30-2)17(22(28)29)10-16(18)19/h3-8,10-12H,9H2,1-2H3,(H,28,29)(H,25,26,27). The maximum Gasteiger partial charge on any atom is 0.339 e. The molecule has 0 fully saturated rings. The number of fused-ring (bicyclic) bond motifs is 1. The van der Waals surface area contributed by atoms with Crippen molar-refractivity contribution in [1.29, 1.82) is 0 Å². The molecule has 0 aliphatic heterocycles. The summed E-state index contributed by atoms with van der Waals surface area (Å²) in [5, 5.41) is 15.2. The molecule has 8 nitrogen and oxygen atoms in total. The van der Waals surface area contributed by atoms with Crippen LogP contribution in [-0.2, 0) is 11.2 Å². The fraction of sp³-hybridized carbons (Fsp3) is 0.130. The number of thiazole rings is 1. The molecule has 0 aliphatic rings. The van der Waals surface area contributed by atoms with E-state index in [0.717, 1.165) is 11.3 Å². The van der Waals surface area contributed by atoms with E-state index in [4.69, 9.17) is 9.47 Å². The summed E-state index contributed by atoms with van der Waals surface area (Å²) < 4.78 is 11.1. The molecule has 0 unspecified atom stereocenters. The molecule has 0 saturated heterocycles. The molecule has 162 valence electrons. The molecule has 2 N–H and O–H groups in total. The molecule has 0 radical (unpaired) electrons. The number of nitrogens with one attached hydrogen (secondary N) is 1. The molecular formula is C23H19N3O5S. The first-order valence-corrected chi connectivity index (χ1v) is 10.5. The Balaban J connectivity index is 1.51. The van der Waals surface area contributed by atoms with Crippen LogP contribution in [0.5, 0.6) is 17.2 Å². The lowest BCUT2D eigenvalue weighted by molar-refractivity contribution is -0.115. The number of aryl methyl sites for hydroxylation is 1. The van der Waals surface area contributed by atoms with Crippen molar-refractivity contribution in [2.75, 3.05) is 12.4 Å². The third kappa shape index (κ3) is 4.68. The second-order valence-corrected chi connectivity index (χ2v) is 7.81. The molecule has 0 saturated carbocycles. The number of methoxy groups -OCH3 is 1. The van der Waals surface area contributed by atoms with Gasteiger partial charge < -0.3 is 19.9 Å². The van der Waals surface area contributed by atoms with Gasteiger partial charge in [0.1, 0.15) is 22.8 Å². The quantitative estimate of drug-likeness (QED) is 0.421. The lowest BCUT2D eigenvalue weighted by Crippen LogP contribution is -2.14. The van der Waals surface area contributed by atoms with Crippen molar-refractivity contribution in [1.82, 2.24) is 9.97 Å². The van der Waals surface area contributed by atoms with E-state index in [2.05, 4.69) is 15.3 Å². The summed E-state index contributed by atoms with van der Waals surface area (Å²) in [6.07, 6.45) is 1.79. The van der Waals surface area contributed by atoms with Crippen LogP contribution in [0.1, 0.15) is 21.6 Å². The summed E-state index contributed by atoms with van der Waals surface area (Å²) >= 11 is 1.39. The SMILES string of the molecule is COc1cc2nccc(Oc3ccc(CC(=O)Nc4nc(C)cs4)cc3)c2cc1C(=O)O. The first-order valence-electron chi connectivity index (χ1n) is 9.62. The molecule has 0 aliphatic carbocycles. The number of hydrogen-bond acceptors (Lipinski definition) is 7. The van der Waals surface area contributed by atoms with E-state index in [-0.39, 0.29) is 23.6 Å². The maximum atomic E-state index is 12.2. The Labute approximate surface area is 187 Å². The number of amides is 1. The topological polar surface area (TPSA) is 111 Å². The van der Waals surface area contributed by atoms with E-state index in [9.17, 15) is 14.7 Å². The summed E-state index contributed by atoms with van der Waals surface area (Å²) in [6.45, 7) is 1.87. The summed E-state index contributed by atoms with van der Waals surface area (Å²) in [5.41, 5.74) is 2.26. The highest BCUT2D eigenvalue weighted by molar-refractivity contribution is 7.13. The largest absolute Gasteiger partial charge is 0.496 e. The van der Waals surface area contributed by atoms with Gasteiger partial charge in [-0.15, -0.1) is 11.3 Å². The van der Waals surface area contributed by atoms with Crippen molar-refractivity contribution in [3.8, 4) is 17.2 Å². The molecule has 1 amide bonds. The van der Waals surface area contributed by atoms with Crippen molar-refractivity contribution < 1.29 is 24.2 Å². The number of pyridine rings is 1. The Hall–Kier alpha value is -3.98. The molecule has 2 heterocycles. The summed E-state index contributed by atoms with van der Waals surface area (Å²) in [6, 6.07) is 11.8. The molecule has 32 heavy (non-hydrogen) atoms. The molecule has 0 bridgehead atoms. The van der Waals surface area contributed by atoms with Crippen LogP contribution in [0.4, 0.5) is 5.13 Å². The van der Waals surface area contributed by atoms with E-state index in [0.29, 0.717) is 27.5 Å². The van der Waals surface area contributed by atoms with Gasteiger partial charge in [0.2, 0.25) is 5.91 Å². The van der Waals surface area contributed by atoms with Gasteiger partial charge in [-0.1, -0.05) is 12.1 Å². The minimum absolute atomic E-state index is 0.0228. The normalized spacial score (nSPS) is 10.7. The minimum Gasteiger partial charge on any atom is -0.496 e. The van der Waals surface area contributed by atoms with Crippen molar-refractivity contribution in [3.05, 3.63) is 70.9 Å². The third-order valence-corrected chi connectivity index (χ3v) is 5.51. The van der Waals surface area contributed by atoms with Crippen molar-refractivity contribution in [2.24, 2.45) is 0 Å². The number of nitrogens with zero attached hydrogens (tertiary/aromatic N) is 2. The molecule has 2 aromatic heterocycles. The molecule has 4 rings (SSSR count). The van der Waals surface area contributed by atoms with E-state index in [1.807, 2.05) is 12.3 Å². The second kappa shape index (κ2) is 9.03. The highest BCUT2D eigenvalue weighted by Crippen LogP contribution is 2.33. The average molecular weight is 449 g/mol. The number of carboxylic acids is 1. The predicted molar refractivity (Wildman–Crippen MR) is 121 cm³/mol. The van der Waals surface area contributed by atoms with E-state index >= 15 is 0 Å². The van der Waals surface area contributed by atoms with Gasteiger partial charge in [0.25, 0.3) is 0 Å². The molecule has 0 spiro atoms. The number of benzene rings is 2. The van der Waals surface area contributed by atoms with Gasteiger partial charge >= 0.3 is 5.97 Å². The fourth-order valence-electron chi connectivity index (χ4n) is 3.14. The van der Waals surface area contributed by atoms with E-state index < -0.39 is 5.97 Å². The number of hydrogen-bond donors (Lipinski definition) is 2. The number of aromatic carboxylic acids is 1. The number of carbonyl (C=O) groups excluding carboxylic acids is 1. The van der Waals surface area contributed by atoms with Gasteiger partial charge in [-0.2, -0.15) is 0 Å². The zero-order valence-corrected chi connectivity index (χ0v) is 18.1. The van der Waals surface area contributed by atoms with Crippen LogP contribution in [0.2, 0.25) is 0 Å². The third-order valence-electron chi connectivity index (χ3n) is 4.63. The van der Waals surface area contributed by atoms with Crippen molar-refractivity contribution >= 4 is 39.2 Å². The van der Waals surface area contributed by atoms with Crippen LogP contribution in [0, 0.1) is 6.92 Å². The summed E-state index contributed by atoms with van der Waals surface area (Å²) in [4.78, 5) is 32.3. The molecule has 9 heteroatoms. The number of carbonyl (C=O) groups is 2. The predicted octanol–water partition coefficient (Wildman–Crippen LogP) is 4.68. The average Bonchev–Trinajstić information content (AvgIpc) is 3.18. The zero-order chi connectivity index (χ0) is 22.7. The Kier molecular flexibility index (Phi) is 6.00. The highest BCUT2D eigenvalue weighted by atomic mass is 32.1. The lowest BCUT2D eigenvalue weighted by atomic mass is 10.1. The Morgan fingerprint density at radius 1 is 1.12 bits per heavy atom. The number of anilines is 1. The highest BCUT2D eigenvalue weighted by Gasteiger charge is 2.15. The van der Waals surface area contributed by atoms with Crippen LogP contribution in [-0.4, -0.2) is 34.1 Å². The van der Waals surface area contributed by atoms with Gasteiger partial charge in [0.05, 0.1) is 24.7 Å². The van der Waals surface area contributed by atoms with Crippen molar-refractivity contribution in [3.63, 3.8) is 0 Å². The lowest BCUT2D eigenvalue weighted by Gasteiger charge is -2.12. The molecule has 0 atom stereocenters.